The second-order valence-electron chi connectivity index (χ2n) is 3.81. The summed E-state index contributed by atoms with van der Waals surface area (Å²) in [7, 11) is 0. The van der Waals surface area contributed by atoms with Crippen LogP contribution in [0.15, 0.2) is 11.0 Å². The van der Waals surface area contributed by atoms with Crippen molar-refractivity contribution in [2.45, 2.75) is 24.9 Å². The Bertz CT molecular complexity index is 489. The molecule has 0 aliphatic carbocycles. The van der Waals surface area contributed by atoms with Gasteiger partial charge in [0.25, 0.3) is 0 Å². The molecular formula is C9H9FN2O4. The van der Waals surface area contributed by atoms with Crippen molar-refractivity contribution in [1.82, 2.24) is 9.55 Å². The van der Waals surface area contributed by atoms with E-state index in [1.807, 2.05) is 0 Å². The largest absolute Gasteiger partial charge is 0.456 e. The van der Waals surface area contributed by atoms with Crippen LogP contribution in [0.25, 0.3) is 0 Å². The van der Waals surface area contributed by atoms with Gasteiger partial charge in [-0.25, -0.2) is 0 Å². The molecule has 0 spiro atoms. The summed E-state index contributed by atoms with van der Waals surface area (Å²) in [5.41, 5.74) is -0.940. The van der Waals surface area contributed by atoms with E-state index >= 15 is 0 Å². The lowest BCUT2D eigenvalue weighted by atomic mass is 10.2. The number of fused-ring (bicyclic) bond motifs is 3. The van der Waals surface area contributed by atoms with Crippen molar-refractivity contribution in [3.8, 4) is 6.01 Å². The van der Waals surface area contributed by atoms with E-state index in [4.69, 9.17) is 14.6 Å². The second kappa shape index (κ2) is 3.26. The fourth-order valence-corrected chi connectivity index (χ4v) is 2.02. The summed E-state index contributed by atoms with van der Waals surface area (Å²) < 4.78 is 25.2. The first-order chi connectivity index (χ1) is 7.69. The van der Waals surface area contributed by atoms with Crippen LogP contribution in [0.2, 0.25) is 0 Å². The summed E-state index contributed by atoms with van der Waals surface area (Å²) in [5, 5.41) is 8.94. The van der Waals surface area contributed by atoms with Crippen LogP contribution in [0, 0.1) is 5.82 Å². The van der Waals surface area contributed by atoms with E-state index in [1.165, 1.54) is 4.57 Å². The van der Waals surface area contributed by atoms with Crippen LogP contribution < -0.4 is 10.3 Å². The maximum atomic E-state index is 13.1. The molecule has 3 atom stereocenters. The number of aliphatic hydroxyl groups excluding tert-OH is 1. The molecule has 3 rings (SSSR count). The normalized spacial score (nSPS) is 31.0. The highest BCUT2D eigenvalue weighted by Crippen LogP contribution is 2.38. The smallest absolute Gasteiger partial charge is 0.311 e. The average Bonchev–Trinajstić information content (AvgIpc) is 2.77. The molecule has 0 radical (unpaired) electrons. The van der Waals surface area contributed by atoms with Crippen LogP contribution >= 0.6 is 0 Å². The van der Waals surface area contributed by atoms with Crippen LogP contribution in [-0.4, -0.2) is 33.5 Å². The number of nitrogens with zero attached hydrogens (tertiary/aromatic N) is 2. The Morgan fingerprint density at radius 2 is 2.50 bits per heavy atom. The zero-order valence-electron chi connectivity index (χ0n) is 8.17. The molecule has 7 heteroatoms. The number of ether oxygens (including phenoxy) is 2. The van der Waals surface area contributed by atoms with E-state index in [2.05, 4.69) is 4.98 Å². The van der Waals surface area contributed by atoms with Crippen molar-refractivity contribution in [2.24, 2.45) is 0 Å². The lowest BCUT2D eigenvalue weighted by Gasteiger charge is -2.11. The summed E-state index contributed by atoms with van der Waals surface area (Å²) in [4.78, 5) is 14.4. The Hall–Kier alpha value is -1.47. The van der Waals surface area contributed by atoms with Gasteiger partial charge in [0.2, 0.25) is 5.82 Å². The predicted octanol–water partition coefficient (Wildman–Crippen LogP) is -0.577. The summed E-state index contributed by atoms with van der Waals surface area (Å²) in [6.45, 7) is -0.109. The molecule has 0 aromatic carbocycles. The quantitative estimate of drug-likeness (QED) is 0.696. The third-order valence-electron chi connectivity index (χ3n) is 2.75. The Kier molecular flexibility index (Phi) is 1.98. The lowest BCUT2D eigenvalue weighted by Crippen LogP contribution is -2.18. The molecule has 3 heterocycles. The highest BCUT2D eigenvalue weighted by Gasteiger charge is 2.44. The summed E-state index contributed by atoms with van der Waals surface area (Å²) in [6.07, 6.45) is 0.390. The maximum Gasteiger partial charge on any atom is 0.311 e. The van der Waals surface area contributed by atoms with Gasteiger partial charge in [-0.15, -0.1) is 0 Å². The van der Waals surface area contributed by atoms with Crippen LogP contribution in [0.3, 0.4) is 0 Å². The number of aromatic nitrogens is 2. The standard InChI is InChI=1S/C9H9FN2O4/c10-5-2-12-8-6(1-4(3-13)15-8)16-9(12)11-7(5)14/h2,4,6,8,13H,1,3H2. The molecule has 16 heavy (non-hydrogen) atoms. The number of hydrogen-bond donors (Lipinski definition) is 1. The van der Waals surface area contributed by atoms with Gasteiger partial charge in [0.05, 0.1) is 18.9 Å². The average molecular weight is 228 g/mol. The predicted molar refractivity (Wildman–Crippen MR) is 48.5 cm³/mol. The molecule has 1 fully saturated rings. The molecule has 1 saturated heterocycles. The first-order valence-corrected chi connectivity index (χ1v) is 4.90. The van der Waals surface area contributed by atoms with Gasteiger partial charge in [-0.05, 0) is 0 Å². The highest BCUT2D eigenvalue weighted by molar-refractivity contribution is 5.09. The van der Waals surface area contributed by atoms with E-state index in [1.54, 1.807) is 0 Å². The molecule has 0 saturated carbocycles. The Morgan fingerprint density at radius 1 is 1.69 bits per heavy atom. The van der Waals surface area contributed by atoms with E-state index in [9.17, 15) is 9.18 Å². The second-order valence-corrected chi connectivity index (χ2v) is 3.81. The molecule has 0 bridgehead atoms. The van der Waals surface area contributed by atoms with E-state index < -0.39 is 17.6 Å². The molecule has 2 aliphatic rings. The summed E-state index contributed by atoms with van der Waals surface area (Å²) in [5.74, 6) is -0.941. The van der Waals surface area contributed by atoms with Gasteiger partial charge in [-0.2, -0.15) is 9.37 Å². The number of hydrogen-bond acceptors (Lipinski definition) is 5. The topological polar surface area (TPSA) is 73.6 Å². The minimum Gasteiger partial charge on any atom is -0.456 e. The van der Waals surface area contributed by atoms with E-state index in [-0.39, 0.29) is 24.8 Å². The van der Waals surface area contributed by atoms with Crippen LogP contribution in [0.4, 0.5) is 4.39 Å². The third-order valence-corrected chi connectivity index (χ3v) is 2.75. The van der Waals surface area contributed by atoms with Crippen molar-refractivity contribution in [3.63, 3.8) is 0 Å². The first-order valence-electron chi connectivity index (χ1n) is 4.90. The maximum absolute atomic E-state index is 13.1. The fraction of sp³-hybridized carbons (Fsp3) is 0.556. The van der Waals surface area contributed by atoms with Gasteiger partial charge in [-0.1, -0.05) is 0 Å². The zero-order valence-corrected chi connectivity index (χ0v) is 8.17. The number of rotatable bonds is 1. The van der Waals surface area contributed by atoms with E-state index in [0.717, 1.165) is 6.20 Å². The lowest BCUT2D eigenvalue weighted by molar-refractivity contribution is -0.0259. The fourth-order valence-electron chi connectivity index (χ4n) is 2.02. The molecule has 2 aliphatic heterocycles. The highest BCUT2D eigenvalue weighted by atomic mass is 19.1. The van der Waals surface area contributed by atoms with Crippen LogP contribution in [0.1, 0.15) is 12.6 Å². The molecule has 1 aromatic heterocycles. The molecule has 0 amide bonds. The monoisotopic (exact) mass is 228 g/mol. The third kappa shape index (κ3) is 1.25. The number of aliphatic hydroxyl groups is 1. The Balaban J connectivity index is 2.00. The molecule has 3 unspecified atom stereocenters. The molecular weight excluding hydrogens is 219 g/mol. The van der Waals surface area contributed by atoms with Crippen LogP contribution in [0.5, 0.6) is 6.01 Å². The Labute approximate surface area is 89.2 Å². The van der Waals surface area contributed by atoms with Gasteiger partial charge in [0, 0.05) is 6.42 Å². The molecule has 1 N–H and O–H groups in total. The zero-order chi connectivity index (χ0) is 11.3. The minimum absolute atomic E-state index is 0.0674. The van der Waals surface area contributed by atoms with Gasteiger partial charge in [0.15, 0.2) is 6.23 Å². The van der Waals surface area contributed by atoms with E-state index in [0.29, 0.717) is 6.42 Å². The minimum atomic E-state index is -0.941. The van der Waals surface area contributed by atoms with Gasteiger partial charge in [-0.3, -0.25) is 9.36 Å². The SMILES string of the molecule is O=c1nc2n(cc1F)C1OC(CO)CC1O2. The first kappa shape index (κ1) is 9.73. The van der Waals surface area contributed by atoms with Crippen molar-refractivity contribution >= 4 is 0 Å². The van der Waals surface area contributed by atoms with Crippen LogP contribution in [-0.2, 0) is 4.74 Å². The Morgan fingerprint density at radius 3 is 3.25 bits per heavy atom. The van der Waals surface area contributed by atoms with Crippen molar-refractivity contribution in [2.75, 3.05) is 6.61 Å². The summed E-state index contributed by atoms with van der Waals surface area (Å²) >= 11 is 0. The van der Waals surface area contributed by atoms with Gasteiger partial charge in [0.1, 0.15) is 6.10 Å². The molecule has 6 nitrogen and oxygen atoms in total. The summed E-state index contributed by atoms with van der Waals surface area (Å²) in [6, 6.07) is 0.0674. The van der Waals surface area contributed by atoms with Gasteiger partial charge < -0.3 is 14.6 Å². The molecule has 1 aromatic rings. The number of halogens is 1. The van der Waals surface area contributed by atoms with Crippen molar-refractivity contribution in [3.05, 3.63) is 22.4 Å². The molecule has 86 valence electrons. The van der Waals surface area contributed by atoms with Crippen molar-refractivity contribution in [1.29, 1.82) is 0 Å². The van der Waals surface area contributed by atoms with Gasteiger partial charge >= 0.3 is 11.6 Å². The van der Waals surface area contributed by atoms with Crippen molar-refractivity contribution < 1.29 is 19.0 Å².